The summed E-state index contributed by atoms with van der Waals surface area (Å²) in [5.41, 5.74) is 2.51. The Balaban J connectivity index is 1.93. The Bertz CT molecular complexity index is 703. The SMILES string of the molecule is COCOc1c(OC)ccc2c1[C@]13CCC(=O)C[C@@]1(CC2)N(C)CC3. The van der Waals surface area contributed by atoms with Crippen molar-refractivity contribution in [1.29, 1.82) is 0 Å². The minimum atomic E-state index is -0.0765. The van der Waals surface area contributed by atoms with Gasteiger partial charge in [-0.25, -0.2) is 0 Å². The Kier molecular flexibility index (Phi) is 4.04. The molecule has 0 amide bonds. The Labute approximate surface area is 149 Å². The number of fused-ring (bicyclic) bond motifs is 1. The fraction of sp³-hybridized carbons (Fsp3) is 0.650. The van der Waals surface area contributed by atoms with Crippen LogP contribution in [-0.4, -0.2) is 50.8 Å². The molecule has 0 spiro atoms. The van der Waals surface area contributed by atoms with Crippen LogP contribution < -0.4 is 9.47 Å². The summed E-state index contributed by atoms with van der Waals surface area (Å²) in [5.74, 6) is 1.97. The van der Waals surface area contributed by atoms with Crippen LogP contribution in [0.1, 0.15) is 43.2 Å². The first-order valence-corrected chi connectivity index (χ1v) is 9.13. The molecule has 1 saturated carbocycles. The molecule has 0 aromatic heterocycles. The van der Waals surface area contributed by atoms with E-state index in [-0.39, 0.29) is 17.7 Å². The molecule has 5 heteroatoms. The molecule has 0 bridgehead atoms. The third-order valence-electron chi connectivity index (χ3n) is 6.85. The number of carbonyl (C=O) groups excluding carboxylic acids is 1. The van der Waals surface area contributed by atoms with E-state index in [0.29, 0.717) is 18.6 Å². The van der Waals surface area contributed by atoms with Crippen molar-refractivity contribution >= 4 is 5.78 Å². The van der Waals surface area contributed by atoms with Crippen molar-refractivity contribution in [3.8, 4) is 11.5 Å². The van der Waals surface area contributed by atoms with Gasteiger partial charge in [-0.05, 0) is 50.9 Å². The van der Waals surface area contributed by atoms with E-state index in [4.69, 9.17) is 14.2 Å². The molecule has 0 N–H and O–H groups in total. The van der Waals surface area contributed by atoms with Crippen LogP contribution in [-0.2, 0) is 21.4 Å². The van der Waals surface area contributed by atoms with Gasteiger partial charge in [-0.3, -0.25) is 9.69 Å². The Hall–Kier alpha value is -1.59. The van der Waals surface area contributed by atoms with Crippen LogP contribution in [0.2, 0.25) is 0 Å². The maximum absolute atomic E-state index is 12.4. The third kappa shape index (κ3) is 2.18. The molecule has 1 aliphatic heterocycles. The smallest absolute Gasteiger partial charge is 0.188 e. The van der Waals surface area contributed by atoms with E-state index in [2.05, 4.69) is 18.0 Å². The number of hydrogen-bond acceptors (Lipinski definition) is 5. The number of benzene rings is 1. The highest BCUT2D eigenvalue weighted by molar-refractivity contribution is 5.82. The van der Waals surface area contributed by atoms with Gasteiger partial charge in [0.15, 0.2) is 18.3 Å². The summed E-state index contributed by atoms with van der Waals surface area (Å²) >= 11 is 0. The number of likely N-dealkylation sites (N-methyl/N-ethyl adjacent to an activating group) is 1. The number of likely N-dealkylation sites (tertiary alicyclic amines) is 1. The highest BCUT2D eigenvalue weighted by atomic mass is 16.7. The van der Waals surface area contributed by atoms with E-state index in [1.807, 2.05) is 6.07 Å². The normalized spacial score (nSPS) is 31.2. The molecule has 2 atom stereocenters. The van der Waals surface area contributed by atoms with Crippen LogP contribution in [0.25, 0.3) is 0 Å². The first-order chi connectivity index (χ1) is 12.1. The molecule has 1 saturated heterocycles. The van der Waals surface area contributed by atoms with Gasteiger partial charge in [0.25, 0.3) is 0 Å². The van der Waals surface area contributed by atoms with Crippen molar-refractivity contribution in [2.75, 3.05) is 34.6 Å². The summed E-state index contributed by atoms with van der Waals surface area (Å²) in [5, 5.41) is 0. The Morgan fingerprint density at radius 2 is 2.00 bits per heavy atom. The van der Waals surface area contributed by atoms with Crippen LogP contribution in [0.3, 0.4) is 0 Å². The van der Waals surface area contributed by atoms with Gasteiger partial charge in [0.2, 0.25) is 0 Å². The topological polar surface area (TPSA) is 48.0 Å². The lowest BCUT2D eigenvalue weighted by molar-refractivity contribution is -0.127. The fourth-order valence-corrected chi connectivity index (χ4v) is 5.70. The highest BCUT2D eigenvalue weighted by Crippen LogP contribution is 2.62. The molecule has 0 unspecified atom stereocenters. The summed E-state index contributed by atoms with van der Waals surface area (Å²) < 4.78 is 16.8. The summed E-state index contributed by atoms with van der Waals surface area (Å²) in [7, 11) is 5.49. The monoisotopic (exact) mass is 345 g/mol. The largest absolute Gasteiger partial charge is 0.493 e. The fourth-order valence-electron chi connectivity index (χ4n) is 5.70. The van der Waals surface area contributed by atoms with E-state index in [1.165, 1.54) is 11.1 Å². The van der Waals surface area contributed by atoms with Gasteiger partial charge in [0.1, 0.15) is 5.78 Å². The molecule has 5 nitrogen and oxygen atoms in total. The number of hydrogen-bond donors (Lipinski definition) is 0. The lowest BCUT2D eigenvalue weighted by Crippen LogP contribution is -2.61. The van der Waals surface area contributed by atoms with E-state index in [0.717, 1.165) is 43.7 Å². The molecule has 136 valence electrons. The van der Waals surface area contributed by atoms with Crippen LogP contribution in [0.15, 0.2) is 12.1 Å². The third-order valence-corrected chi connectivity index (χ3v) is 6.85. The molecule has 1 aromatic carbocycles. The van der Waals surface area contributed by atoms with E-state index < -0.39 is 0 Å². The van der Waals surface area contributed by atoms with E-state index >= 15 is 0 Å². The standard InChI is InChI=1S/C20H27NO4/c1-21-11-10-19-8-7-15(22)12-20(19,21)9-6-14-4-5-16(24-3)18(17(14)19)25-13-23-2/h4-5H,6-13H2,1-3H3/t19-,20-/m1/s1. The average Bonchev–Trinajstić information content (AvgIpc) is 2.92. The van der Waals surface area contributed by atoms with Gasteiger partial charge in [0.05, 0.1) is 7.11 Å². The van der Waals surface area contributed by atoms with Crippen LogP contribution in [0.4, 0.5) is 0 Å². The lowest BCUT2D eigenvalue weighted by Gasteiger charge is -2.55. The number of methoxy groups -OCH3 is 2. The maximum atomic E-state index is 12.4. The molecular formula is C20H27NO4. The second kappa shape index (κ2) is 5.99. The summed E-state index contributed by atoms with van der Waals surface area (Å²) in [6.45, 7) is 1.22. The summed E-state index contributed by atoms with van der Waals surface area (Å²) in [6, 6.07) is 4.18. The number of nitrogens with zero attached hydrogens (tertiary/aromatic N) is 1. The van der Waals surface area contributed by atoms with Crippen molar-refractivity contribution in [2.24, 2.45) is 0 Å². The number of ketones is 1. The predicted molar refractivity (Wildman–Crippen MR) is 94.3 cm³/mol. The van der Waals surface area contributed by atoms with Gasteiger partial charge in [-0.2, -0.15) is 0 Å². The van der Waals surface area contributed by atoms with Gasteiger partial charge in [-0.15, -0.1) is 0 Å². The van der Waals surface area contributed by atoms with Gasteiger partial charge in [0, 0.05) is 36.5 Å². The van der Waals surface area contributed by atoms with E-state index in [1.54, 1.807) is 14.2 Å². The van der Waals surface area contributed by atoms with Crippen molar-refractivity contribution in [3.63, 3.8) is 0 Å². The second-order valence-corrected chi connectivity index (χ2v) is 7.68. The molecule has 3 aliphatic rings. The molecule has 4 rings (SSSR count). The van der Waals surface area contributed by atoms with Crippen molar-refractivity contribution in [2.45, 2.75) is 49.5 Å². The number of rotatable bonds is 4. The van der Waals surface area contributed by atoms with Crippen LogP contribution in [0.5, 0.6) is 11.5 Å². The van der Waals surface area contributed by atoms with E-state index in [9.17, 15) is 4.79 Å². The highest BCUT2D eigenvalue weighted by Gasteiger charge is 2.63. The van der Waals surface area contributed by atoms with Gasteiger partial charge >= 0.3 is 0 Å². The Morgan fingerprint density at radius 1 is 1.16 bits per heavy atom. The maximum Gasteiger partial charge on any atom is 0.188 e. The average molecular weight is 345 g/mol. The zero-order valence-corrected chi connectivity index (χ0v) is 15.4. The lowest BCUT2D eigenvalue weighted by atomic mass is 9.52. The molecule has 1 heterocycles. The molecular weight excluding hydrogens is 318 g/mol. The number of ether oxygens (including phenoxy) is 3. The van der Waals surface area contributed by atoms with Crippen molar-refractivity contribution in [1.82, 2.24) is 4.90 Å². The number of aryl methyl sites for hydroxylation is 1. The first-order valence-electron chi connectivity index (χ1n) is 9.13. The summed E-state index contributed by atoms with van der Waals surface area (Å²) in [4.78, 5) is 14.8. The molecule has 0 radical (unpaired) electrons. The Morgan fingerprint density at radius 3 is 2.76 bits per heavy atom. The zero-order valence-electron chi connectivity index (χ0n) is 15.4. The molecule has 1 aromatic rings. The summed E-state index contributed by atoms with van der Waals surface area (Å²) in [6.07, 6.45) is 5.31. The van der Waals surface area contributed by atoms with Gasteiger partial charge in [-0.1, -0.05) is 6.07 Å². The molecule has 2 aliphatic carbocycles. The first kappa shape index (κ1) is 16.9. The number of carbonyl (C=O) groups is 1. The zero-order chi connectivity index (χ0) is 17.7. The van der Waals surface area contributed by atoms with Crippen LogP contribution >= 0.6 is 0 Å². The van der Waals surface area contributed by atoms with Crippen molar-refractivity contribution < 1.29 is 19.0 Å². The second-order valence-electron chi connectivity index (χ2n) is 7.68. The molecule has 25 heavy (non-hydrogen) atoms. The predicted octanol–water partition coefficient (Wildman–Crippen LogP) is 2.69. The minimum absolute atomic E-state index is 0.0269. The molecule has 2 fully saturated rings. The quantitative estimate of drug-likeness (QED) is 0.785. The number of Topliss-reactive ketones (excluding diaryl/α,β-unsaturated/α-hetero) is 1. The van der Waals surface area contributed by atoms with Crippen LogP contribution in [0, 0.1) is 0 Å². The minimum Gasteiger partial charge on any atom is -0.493 e. The van der Waals surface area contributed by atoms with Gasteiger partial charge < -0.3 is 14.2 Å². The van der Waals surface area contributed by atoms with Crippen molar-refractivity contribution in [3.05, 3.63) is 23.3 Å².